The second-order valence-electron chi connectivity index (χ2n) is 3.07. The standard InChI is InChI=1S/C7H14O4/c1-3-5(8)4(2)11-7(10)6(3)9/h3-10H,1-2H3/t3-,4?,5-,6+,7+/m0/s1. The van der Waals surface area contributed by atoms with E-state index in [1.807, 2.05) is 0 Å². The highest BCUT2D eigenvalue weighted by Gasteiger charge is 2.38. The fourth-order valence-corrected chi connectivity index (χ4v) is 1.27. The van der Waals surface area contributed by atoms with Crippen LogP contribution in [-0.2, 0) is 4.74 Å². The largest absolute Gasteiger partial charge is 0.390 e. The third-order valence-corrected chi connectivity index (χ3v) is 2.20. The van der Waals surface area contributed by atoms with Gasteiger partial charge in [-0.1, -0.05) is 6.92 Å². The Morgan fingerprint density at radius 2 is 1.55 bits per heavy atom. The van der Waals surface area contributed by atoms with Crippen LogP contribution in [-0.4, -0.2) is 39.9 Å². The Labute approximate surface area is 65.4 Å². The third-order valence-electron chi connectivity index (χ3n) is 2.20. The van der Waals surface area contributed by atoms with Crippen LogP contribution in [0, 0.1) is 5.92 Å². The Hall–Kier alpha value is -0.160. The first-order chi connectivity index (χ1) is 5.04. The van der Waals surface area contributed by atoms with E-state index < -0.39 is 24.6 Å². The van der Waals surface area contributed by atoms with Gasteiger partial charge in [-0.25, -0.2) is 0 Å². The van der Waals surface area contributed by atoms with Gasteiger partial charge in [0.1, 0.15) is 6.10 Å². The van der Waals surface area contributed by atoms with E-state index in [4.69, 9.17) is 9.84 Å². The maximum atomic E-state index is 9.34. The van der Waals surface area contributed by atoms with Crippen LogP contribution in [0.3, 0.4) is 0 Å². The third kappa shape index (κ3) is 1.54. The molecular formula is C7H14O4. The van der Waals surface area contributed by atoms with Crippen LogP contribution in [0.1, 0.15) is 13.8 Å². The zero-order chi connectivity index (χ0) is 8.59. The molecule has 11 heavy (non-hydrogen) atoms. The van der Waals surface area contributed by atoms with Crippen LogP contribution in [0.5, 0.6) is 0 Å². The molecule has 66 valence electrons. The van der Waals surface area contributed by atoms with E-state index in [1.165, 1.54) is 0 Å². The van der Waals surface area contributed by atoms with Crippen molar-refractivity contribution in [3.63, 3.8) is 0 Å². The Morgan fingerprint density at radius 1 is 1.00 bits per heavy atom. The van der Waals surface area contributed by atoms with Crippen molar-refractivity contribution in [2.24, 2.45) is 5.92 Å². The fraction of sp³-hybridized carbons (Fsp3) is 1.00. The number of rotatable bonds is 0. The van der Waals surface area contributed by atoms with Crippen molar-refractivity contribution in [1.29, 1.82) is 0 Å². The van der Waals surface area contributed by atoms with Gasteiger partial charge in [0.2, 0.25) is 0 Å². The van der Waals surface area contributed by atoms with Gasteiger partial charge in [0.05, 0.1) is 12.2 Å². The van der Waals surface area contributed by atoms with Gasteiger partial charge in [-0.2, -0.15) is 0 Å². The minimum atomic E-state index is -1.16. The minimum Gasteiger partial charge on any atom is -0.390 e. The summed E-state index contributed by atoms with van der Waals surface area (Å²) in [7, 11) is 0. The van der Waals surface area contributed by atoms with Crippen LogP contribution >= 0.6 is 0 Å². The monoisotopic (exact) mass is 162 g/mol. The highest BCUT2D eigenvalue weighted by Crippen LogP contribution is 2.23. The molecule has 1 saturated heterocycles. The van der Waals surface area contributed by atoms with Crippen molar-refractivity contribution in [2.75, 3.05) is 0 Å². The van der Waals surface area contributed by atoms with Gasteiger partial charge >= 0.3 is 0 Å². The van der Waals surface area contributed by atoms with Crippen molar-refractivity contribution in [3.05, 3.63) is 0 Å². The molecule has 0 aromatic carbocycles. The zero-order valence-corrected chi connectivity index (χ0v) is 6.64. The molecule has 1 rings (SSSR count). The summed E-state index contributed by atoms with van der Waals surface area (Å²) in [6, 6.07) is 0. The van der Waals surface area contributed by atoms with Crippen molar-refractivity contribution >= 4 is 0 Å². The summed E-state index contributed by atoms with van der Waals surface area (Å²) in [6.07, 6.45) is -3.26. The molecule has 4 nitrogen and oxygen atoms in total. The van der Waals surface area contributed by atoms with Gasteiger partial charge in [-0.05, 0) is 6.92 Å². The van der Waals surface area contributed by atoms with Gasteiger partial charge in [0, 0.05) is 5.92 Å². The molecule has 4 heteroatoms. The van der Waals surface area contributed by atoms with Crippen LogP contribution in [0.15, 0.2) is 0 Å². The second-order valence-corrected chi connectivity index (χ2v) is 3.07. The first-order valence-corrected chi connectivity index (χ1v) is 3.73. The van der Waals surface area contributed by atoms with Crippen molar-refractivity contribution in [3.8, 4) is 0 Å². The lowest BCUT2D eigenvalue weighted by atomic mass is 9.91. The maximum Gasteiger partial charge on any atom is 0.181 e. The van der Waals surface area contributed by atoms with Crippen LogP contribution in [0.4, 0.5) is 0 Å². The Bertz CT molecular complexity index is 124. The molecule has 1 aliphatic heterocycles. The molecule has 0 saturated carbocycles. The summed E-state index contributed by atoms with van der Waals surface area (Å²) in [4.78, 5) is 0. The van der Waals surface area contributed by atoms with E-state index in [-0.39, 0.29) is 5.92 Å². The number of hydrogen-bond acceptors (Lipinski definition) is 4. The molecule has 5 atom stereocenters. The number of ether oxygens (including phenoxy) is 1. The summed E-state index contributed by atoms with van der Waals surface area (Å²) in [5, 5.41) is 27.6. The van der Waals surface area contributed by atoms with Crippen molar-refractivity contribution < 1.29 is 20.1 Å². The van der Waals surface area contributed by atoms with E-state index in [0.29, 0.717) is 0 Å². The molecule has 0 aromatic rings. The summed E-state index contributed by atoms with van der Waals surface area (Å²) >= 11 is 0. The molecule has 0 aliphatic carbocycles. The van der Waals surface area contributed by atoms with Crippen molar-refractivity contribution in [1.82, 2.24) is 0 Å². The average molecular weight is 162 g/mol. The molecule has 0 bridgehead atoms. The first kappa shape index (κ1) is 8.93. The highest BCUT2D eigenvalue weighted by molar-refractivity contribution is 4.83. The quantitative estimate of drug-likeness (QED) is 0.431. The lowest BCUT2D eigenvalue weighted by molar-refractivity contribution is -0.260. The van der Waals surface area contributed by atoms with E-state index in [1.54, 1.807) is 13.8 Å². The zero-order valence-electron chi connectivity index (χ0n) is 6.64. The summed E-state index contributed by atoms with van der Waals surface area (Å²) in [5.41, 5.74) is 0. The predicted molar refractivity (Wildman–Crippen MR) is 37.7 cm³/mol. The molecular weight excluding hydrogens is 148 g/mol. The molecule has 1 fully saturated rings. The molecule has 1 heterocycles. The van der Waals surface area contributed by atoms with Gasteiger partial charge < -0.3 is 20.1 Å². The molecule has 3 N–H and O–H groups in total. The topological polar surface area (TPSA) is 69.9 Å². The van der Waals surface area contributed by atoms with Crippen LogP contribution in [0.25, 0.3) is 0 Å². The fourth-order valence-electron chi connectivity index (χ4n) is 1.27. The molecule has 0 aromatic heterocycles. The summed E-state index contributed by atoms with van der Waals surface area (Å²) < 4.78 is 4.84. The molecule has 0 spiro atoms. The van der Waals surface area contributed by atoms with Crippen molar-refractivity contribution in [2.45, 2.75) is 38.4 Å². The Kier molecular flexibility index (Phi) is 2.49. The van der Waals surface area contributed by atoms with E-state index >= 15 is 0 Å². The van der Waals surface area contributed by atoms with Gasteiger partial charge in [0.15, 0.2) is 6.29 Å². The number of aliphatic hydroxyl groups is 3. The predicted octanol–water partition coefficient (Wildman–Crippen LogP) is -0.919. The van der Waals surface area contributed by atoms with Gasteiger partial charge in [-0.15, -0.1) is 0 Å². The van der Waals surface area contributed by atoms with Gasteiger partial charge in [-0.3, -0.25) is 0 Å². The number of aliphatic hydroxyl groups excluding tert-OH is 3. The smallest absolute Gasteiger partial charge is 0.181 e. The molecule has 1 aliphatic rings. The van der Waals surface area contributed by atoms with Crippen LogP contribution < -0.4 is 0 Å². The van der Waals surface area contributed by atoms with Gasteiger partial charge in [0.25, 0.3) is 0 Å². The Balaban J connectivity index is 2.63. The molecule has 0 radical (unpaired) electrons. The SMILES string of the molecule is CC1O[C@@H](O)[C@H](O)[C@@H](C)[C@@H]1O. The minimum absolute atomic E-state index is 0.339. The lowest BCUT2D eigenvalue weighted by Crippen LogP contribution is -2.51. The maximum absolute atomic E-state index is 9.34. The lowest BCUT2D eigenvalue weighted by Gasteiger charge is -2.37. The first-order valence-electron chi connectivity index (χ1n) is 3.73. The molecule has 1 unspecified atom stereocenters. The second kappa shape index (κ2) is 3.06. The van der Waals surface area contributed by atoms with E-state index in [9.17, 15) is 10.2 Å². The highest BCUT2D eigenvalue weighted by atomic mass is 16.6. The number of hydrogen-bond donors (Lipinski definition) is 3. The Morgan fingerprint density at radius 3 is 2.09 bits per heavy atom. The normalized spacial score (nSPS) is 52.6. The summed E-state index contributed by atoms with van der Waals surface area (Å²) in [6.45, 7) is 3.34. The molecule has 0 amide bonds. The van der Waals surface area contributed by atoms with Crippen LogP contribution in [0.2, 0.25) is 0 Å². The van der Waals surface area contributed by atoms with E-state index in [2.05, 4.69) is 0 Å². The summed E-state index contributed by atoms with van der Waals surface area (Å²) in [5.74, 6) is -0.339. The average Bonchev–Trinajstić information content (AvgIpc) is 1.97. The van der Waals surface area contributed by atoms with E-state index in [0.717, 1.165) is 0 Å².